The van der Waals surface area contributed by atoms with Gasteiger partial charge in [-0.1, -0.05) is 140 Å². The van der Waals surface area contributed by atoms with Crippen LogP contribution < -0.4 is 0 Å². The molecule has 6 heterocycles. The molecule has 0 spiro atoms. The molecule has 0 aliphatic heterocycles. The first kappa shape index (κ1) is 36.0. The van der Waals surface area contributed by atoms with E-state index >= 15 is 0 Å². The minimum atomic E-state index is 0.505. The monoisotopic (exact) mass is 867 g/mol. The molecule has 0 N–H and O–H groups in total. The van der Waals surface area contributed by atoms with Crippen LogP contribution in [-0.4, -0.2) is 23.9 Å². The molecule has 0 aliphatic rings. The number of benzene rings is 10. The highest BCUT2D eigenvalue weighted by molar-refractivity contribution is 6.27. The average Bonchev–Trinajstić information content (AvgIpc) is 4.21. The SMILES string of the molecule is c1ccc(-c2nc(-c3cccc4c3oc3ccccc34)nc(-c3ccc(-n4c5cc6ccccc6cc5c5cc6c7cccc8c9ccccc9n(c6cc54)c87)c4c3oc3ccccc34)n2)cc1. The zero-order valence-electron chi connectivity index (χ0n) is 36.1. The summed E-state index contributed by atoms with van der Waals surface area (Å²) >= 11 is 0. The largest absolute Gasteiger partial charge is 0.455 e. The Bertz CT molecular complexity index is 4800. The number of nitrogens with zero attached hydrogens (tertiary/aromatic N) is 5. The molecule has 0 saturated carbocycles. The minimum Gasteiger partial charge on any atom is -0.455 e. The first-order valence-electron chi connectivity index (χ1n) is 22.9. The lowest BCUT2D eigenvalue weighted by atomic mass is 10.0. The van der Waals surface area contributed by atoms with E-state index in [-0.39, 0.29) is 0 Å². The van der Waals surface area contributed by atoms with E-state index in [9.17, 15) is 0 Å². The van der Waals surface area contributed by atoms with Crippen molar-refractivity contribution >= 4 is 115 Å². The van der Waals surface area contributed by atoms with Gasteiger partial charge in [-0.2, -0.15) is 0 Å². The van der Waals surface area contributed by atoms with Gasteiger partial charge in [-0.15, -0.1) is 0 Å². The van der Waals surface area contributed by atoms with E-state index in [0.29, 0.717) is 23.1 Å². The first-order chi connectivity index (χ1) is 33.7. The van der Waals surface area contributed by atoms with Gasteiger partial charge >= 0.3 is 0 Å². The topological polar surface area (TPSA) is 74.3 Å². The molecule has 0 unspecified atom stereocenters. The van der Waals surface area contributed by atoms with Gasteiger partial charge in [-0.25, -0.2) is 15.0 Å². The molecule has 0 radical (unpaired) electrons. The standard InChI is InChI=1S/C61H33N5O2/c1-2-14-34(15-3-1)59-62-60(43-24-13-23-41-38-19-7-10-26-53(38)67-57(41)43)64-61(63-59)44-28-29-49(55-42-20-8-11-27-54(42)68-58(44)55)65-50-31-36-17-5-4-16-35(36)30-45(50)47-32-46-40-22-12-21-39-37-18-6-9-25-48(37)66(56(39)40)52(46)33-51(47)65/h1-33H. The predicted octanol–water partition coefficient (Wildman–Crippen LogP) is 16.1. The molecule has 0 fully saturated rings. The number of hydrogen-bond donors (Lipinski definition) is 0. The number of rotatable bonds is 4. The molecule has 7 nitrogen and oxygen atoms in total. The minimum absolute atomic E-state index is 0.505. The second-order valence-corrected chi connectivity index (χ2v) is 17.9. The lowest BCUT2D eigenvalue weighted by molar-refractivity contribution is 0.669. The van der Waals surface area contributed by atoms with Crippen LogP contribution in [0.4, 0.5) is 0 Å². The van der Waals surface area contributed by atoms with Crippen molar-refractivity contribution in [3.05, 3.63) is 200 Å². The lowest BCUT2D eigenvalue weighted by Gasteiger charge is -2.13. The molecule has 68 heavy (non-hydrogen) atoms. The van der Waals surface area contributed by atoms with E-state index in [1.165, 1.54) is 59.6 Å². The molecule has 7 heteroatoms. The summed E-state index contributed by atoms with van der Waals surface area (Å²) in [5.74, 6) is 1.58. The fourth-order valence-electron chi connectivity index (χ4n) is 11.3. The number of hydrogen-bond acceptors (Lipinski definition) is 5. The number of aromatic nitrogens is 5. The van der Waals surface area contributed by atoms with Gasteiger partial charge in [-0.05, 0) is 71.4 Å². The van der Waals surface area contributed by atoms with E-state index in [2.05, 4.69) is 136 Å². The summed E-state index contributed by atoms with van der Waals surface area (Å²) in [5.41, 5.74) is 12.3. The Morgan fingerprint density at radius 1 is 0.338 bits per heavy atom. The van der Waals surface area contributed by atoms with Gasteiger partial charge in [0, 0.05) is 54.0 Å². The van der Waals surface area contributed by atoms with Crippen molar-refractivity contribution in [2.45, 2.75) is 0 Å². The second-order valence-electron chi connectivity index (χ2n) is 17.9. The normalized spacial score (nSPS) is 12.4. The Hall–Kier alpha value is -9.33. The third kappa shape index (κ3) is 4.78. The van der Waals surface area contributed by atoms with Gasteiger partial charge < -0.3 is 17.8 Å². The third-order valence-corrected chi connectivity index (χ3v) is 14.3. The van der Waals surface area contributed by atoms with Crippen molar-refractivity contribution in [3.8, 4) is 39.9 Å². The summed E-state index contributed by atoms with van der Waals surface area (Å²) in [6.07, 6.45) is 0. The summed E-state index contributed by atoms with van der Waals surface area (Å²) in [6.45, 7) is 0. The van der Waals surface area contributed by atoms with Crippen LogP contribution in [0.1, 0.15) is 0 Å². The molecular formula is C61H33N5O2. The third-order valence-electron chi connectivity index (χ3n) is 14.3. The highest BCUT2D eigenvalue weighted by Crippen LogP contribution is 2.46. The van der Waals surface area contributed by atoms with Crippen molar-refractivity contribution in [2.24, 2.45) is 0 Å². The summed E-state index contributed by atoms with van der Waals surface area (Å²) in [4.78, 5) is 15.7. The lowest BCUT2D eigenvalue weighted by Crippen LogP contribution is -2.01. The van der Waals surface area contributed by atoms with Gasteiger partial charge in [0.1, 0.15) is 22.3 Å². The molecule has 0 amide bonds. The van der Waals surface area contributed by atoms with Gasteiger partial charge in [-0.3, -0.25) is 0 Å². The van der Waals surface area contributed by atoms with Crippen molar-refractivity contribution < 1.29 is 8.83 Å². The quantitative estimate of drug-likeness (QED) is 0.176. The zero-order chi connectivity index (χ0) is 44.2. The van der Waals surface area contributed by atoms with Crippen molar-refractivity contribution in [1.82, 2.24) is 23.9 Å². The van der Waals surface area contributed by atoms with Gasteiger partial charge in [0.2, 0.25) is 0 Å². The van der Waals surface area contributed by atoms with E-state index in [4.69, 9.17) is 23.8 Å². The fraction of sp³-hybridized carbons (Fsp3) is 0. The van der Waals surface area contributed by atoms with Crippen LogP contribution in [0.5, 0.6) is 0 Å². The van der Waals surface area contributed by atoms with Crippen LogP contribution >= 0.6 is 0 Å². The first-order valence-corrected chi connectivity index (χ1v) is 22.9. The molecule has 10 aromatic carbocycles. The van der Waals surface area contributed by atoms with E-state index in [0.717, 1.165) is 71.7 Å². The summed E-state index contributed by atoms with van der Waals surface area (Å²) in [7, 11) is 0. The number of fused-ring (bicyclic) bond motifs is 16. The zero-order valence-corrected chi connectivity index (χ0v) is 36.1. The Labute approximate surface area is 385 Å². The summed E-state index contributed by atoms with van der Waals surface area (Å²) in [5, 5.41) is 13.8. The Balaban J connectivity index is 1.01. The maximum absolute atomic E-state index is 7.03. The predicted molar refractivity (Wildman–Crippen MR) is 277 cm³/mol. The molecule has 6 aromatic heterocycles. The summed E-state index contributed by atoms with van der Waals surface area (Å²) in [6, 6.07) is 70.7. The highest BCUT2D eigenvalue weighted by atomic mass is 16.3. The van der Waals surface area contributed by atoms with Gasteiger partial charge in [0.15, 0.2) is 17.5 Å². The van der Waals surface area contributed by atoms with Crippen molar-refractivity contribution in [3.63, 3.8) is 0 Å². The number of furan rings is 2. The molecule has 16 rings (SSSR count). The Kier molecular flexibility index (Phi) is 6.95. The smallest absolute Gasteiger partial charge is 0.167 e. The molecule has 0 atom stereocenters. The van der Waals surface area contributed by atoms with E-state index < -0.39 is 0 Å². The highest BCUT2D eigenvalue weighted by Gasteiger charge is 2.26. The molecule has 0 aliphatic carbocycles. The molecule has 0 bridgehead atoms. The van der Waals surface area contributed by atoms with Crippen LogP contribution in [0, 0.1) is 0 Å². The maximum Gasteiger partial charge on any atom is 0.167 e. The average molecular weight is 868 g/mol. The Morgan fingerprint density at radius 3 is 1.75 bits per heavy atom. The van der Waals surface area contributed by atoms with Crippen LogP contribution in [-0.2, 0) is 0 Å². The second kappa shape index (κ2) is 13.2. The van der Waals surface area contributed by atoms with Crippen LogP contribution in [0.2, 0.25) is 0 Å². The number of para-hydroxylation sites is 5. The fourth-order valence-corrected chi connectivity index (χ4v) is 11.3. The van der Waals surface area contributed by atoms with Crippen LogP contribution in [0.3, 0.4) is 0 Å². The van der Waals surface area contributed by atoms with Crippen LogP contribution in [0.25, 0.3) is 154 Å². The molecule has 16 aromatic rings. The van der Waals surface area contributed by atoms with Crippen molar-refractivity contribution in [1.29, 1.82) is 0 Å². The molecule has 314 valence electrons. The van der Waals surface area contributed by atoms with E-state index in [1.54, 1.807) is 0 Å². The van der Waals surface area contributed by atoms with Crippen LogP contribution in [0.15, 0.2) is 209 Å². The maximum atomic E-state index is 7.03. The van der Waals surface area contributed by atoms with E-state index in [1.807, 2.05) is 72.8 Å². The molecule has 0 saturated heterocycles. The van der Waals surface area contributed by atoms with Gasteiger partial charge in [0.05, 0.1) is 49.8 Å². The molecular weight excluding hydrogens is 835 g/mol. The summed E-state index contributed by atoms with van der Waals surface area (Å²) < 4.78 is 18.5. The van der Waals surface area contributed by atoms with Crippen molar-refractivity contribution in [2.75, 3.05) is 0 Å². The Morgan fingerprint density at radius 2 is 0.912 bits per heavy atom. The van der Waals surface area contributed by atoms with Gasteiger partial charge in [0.25, 0.3) is 0 Å².